The van der Waals surface area contributed by atoms with Gasteiger partial charge in [-0.15, -0.1) is 11.8 Å². The van der Waals surface area contributed by atoms with E-state index in [1.807, 2.05) is 48.2 Å². The summed E-state index contributed by atoms with van der Waals surface area (Å²) in [5.74, 6) is 0.0187. The molecule has 0 bridgehead atoms. The number of hydrogen-bond donors (Lipinski definition) is 0. The molecule has 1 aromatic heterocycles. The van der Waals surface area contributed by atoms with Crippen LogP contribution in [0.1, 0.15) is 36.5 Å². The van der Waals surface area contributed by atoms with Crippen LogP contribution in [0, 0.1) is 43.9 Å². The highest BCUT2D eigenvalue weighted by Crippen LogP contribution is 2.66. The molecule has 0 radical (unpaired) electrons. The second kappa shape index (κ2) is 8.70. The zero-order chi connectivity index (χ0) is 28.9. The second-order valence-electron chi connectivity index (χ2n) is 11.6. The smallest absolute Gasteiger partial charge is 0.279 e. The lowest BCUT2D eigenvalue weighted by Gasteiger charge is -2.51. The predicted molar refractivity (Wildman–Crippen MR) is 168 cm³/mol. The standard InChI is InChI=1S/C31H24N4O2S4/c1-28(2)29(3,4)35(37)25(34(28)36)19-13-22-7-5-20-11-18(24-15-40-27(41-24)26-38-9-10-39-26)12-21-6-8-23(14-19)31(22,17-33)30(20,21)16-32/h5-15,27H,1-4H3. The normalized spacial score (nSPS) is 32.0. The zero-order valence-electron chi connectivity index (χ0n) is 22.7. The maximum atomic E-state index is 13.5. The molecule has 3 unspecified atom stereocenters. The number of nitrogens with zero attached hydrogens (tertiary/aromatic N) is 4. The fraction of sp³-hybridized carbons (Fsp3) is 0.290. The first-order valence-corrected chi connectivity index (χ1v) is 16.6. The predicted octanol–water partition coefficient (Wildman–Crippen LogP) is 7.88. The van der Waals surface area contributed by atoms with Gasteiger partial charge in [0, 0.05) is 4.91 Å². The van der Waals surface area contributed by atoms with Crippen LogP contribution in [-0.4, -0.2) is 26.7 Å². The monoisotopic (exact) mass is 612 g/mol. The number of hydrogen-bond acceptors (Lipinski definition) is 8. The lowest BCUT2D eigenvalue weighted by molar-refractivity contribution is -0.539. The molecule has 0 aromatic carbocycles. The van der Waals surface area contributed by atoms with Crippen molar-refractivity contribution >= 4 is 52.0 Å². The van der Waals surface area contributed by atoms with Crippen LogP contribution in [-0.2, 0) is 0 Å². The highest BCUT2D eigenvalue weighted by molar-refractivity contribution is 8.22. The van der Waals surface area contributed by atoms with Crippen LogP contribution in [0.4, 0.5) is 0 Å². The van der Waals surface area contributed by atoms with Crippen molar-refractivity contribution in [3.63, 3.8) is 0 Å². The molecule has 0 saturated carbocycles. The van der Waals surface area contributed by atoms with E-state index in [1.54, 1.807) is 74.3 Å². The second-order valence-corrected chi connectivity index (χ2v) is 16.2. The van der Waals surface area contributed by atoms with E-state index in [-0.39, 0.29) is 5.84 Å². The highest BCUT2D eigenvalue weighted by atomic mass is 32.2. The molecule has 7 rings (SSSR count). The molecule has 41 heavy (non-hydrogen) atoms. The van der Waals surface area contributed by atoms with Gasteiger partial charge in [-0.25, -0.2) is 0 Å². The Morgan fingerprint density at radius 2 is 1.54 bits per heavy atom. The third-order valence-electron chi connectivity index (χ3n) is 9.35. The molecule has 4 aliphatic carbocycles. The van der Waals surface area contributed by atoms with Crippen LogP contribution in [0.2, 0.25) is 0 Å². The first-order chi connectivity index (χ1) is 19.5. The molecule has 2 aliphatic heterocycles. The summed E-state index contributed by atoms with van der Waals surface area (Å²) in [6.07, 6.45) is 15.2. The van der Waals surface area contributed by atoms with E-state index in [1.165, 1.54) is 4.19 Å². The Morgan fingerprint density at radius 1 is 0.927 bits per heavy atom. The summed E-state index contributed by atoms with van der Waals surface area (Å²) in [5, 5.41) is 55.9. The lowest BCUT2D eigenvalue weighted by atomic mass is 9.46. The maximum absolute atomic E-state index is 13.5. The fourth-order valence-corrected chi connectivity index (χ4v) is 11.3. The number of amidine groups is 1. The molecule has 3 heterocycles. The third kappa shape index (κ3) is 3.17. The molecular weight excluding hydrogens is 589 g/mol. The molecule has 0 spiro atoms. The molecule has 0 fully saturated rings. The van der Waals surface area contributed by atoms with Crippen LogP contribution >= 0.6 is 46.2 Å². The number of nitriles is 2. The molecule has 6 nitrogen and oxygen atoms in total. The van der Waals surface area contributed by atoms with Crippen molar-refractivity contribution in [2.24, 2.45) is 10.8 Å². The van der Waals surface area contributed by atoms with Gasteiger partial charge in [-0.2, -0.15) is 10.5 Å². The van der Waals surface area contributed by atoms with Gasteiger partial charge in [-0.1, -0.05) is 36.1 Å². The summed E-state index contributed by atoms with van der Waals surface area (Å²) >= 11 is 7.14. The largest absolute Gasteiger partial charge is 0.715 e. The van der Waals surface area contributed by atoms with Gasteiger partial charge in [0.15, 0.2) is 0 Å². The Bertz CT molecular complexity index is 1800. The van der Waals surface area contributed by atoms with Gasteiger partial charge in [0.1, 0.15) is 37.2 Å². The van der Waals surface area contributed by atoms with Crippen molar-refractivity contribution in [1.29, 1.82) is 10.5 Å². The summed E-state index contributed by atoms with van der Waals surface area (Å²) in [5.41, 5.74) is -0.275. The molecule has 1 aromatic rings. The van der Waals surface area contributed by atoms with Crippen molar-refractivity contribution in [1.82, 2.24) is 5.06 Å². The van der Waals surface area contributed by atoms with Crippen LogP contribution in [0.3, 0.4) is 0 Å². The lowest BCUT2D eigenvalue weighted by Crippen LogP contribution is -2.53. The Labute approximate surface area is 255 Å². The van der Waals surface area contributed by atoms with Crippen LogP contribution in [0.15, 0.2) is 103 Å². The maximum Gasteiger partial charge on any atom is 0.279 e. The fourth-order valence-electron chi connectivity index (χ4n) is 6.34. The van der Waals surface area contributed by atoms with Gasteiger partial charge >= 0.3 is 0 Å². The molecular formula is C31H24N4O2S4. The van der Waals surface area contributed by atoms with E-state index in [9.17, 15) is 20.9 Å². The Hall–Kier alpha value is -3.12. The molecule has 0 amide bonds. The quantitative estimate of drug-likeness (QED) is 0.194. The topological polar surface area (TPSA) is 100.0 Å². The molecule has 0 saturated heterocycles. The SMILES string of the molecule is CC1(C)N([O-])C(C2=CC3=CC=C4C=C(C5=CSC(c6scc[s+]6)S5)C=C5C=CC(=C2)C3(C#N)C45C#N)=[N+]([O-])C1(C)C. The summed E-state index contributed by atoms with van der Waals surface area (Å²) in [7, 11) is 0. The van der Waals surface area contributed by atoms with Gasteiger partial charge < -0.3 is 10.4 Å². The van der Waals surface area contributed by atoms with Crippen molar-refractivity contribution in [2.45, 2.75) is 43.4 Å². The summed E-state index contributed by atoms with van der Waals surface area (Å²) < 4.78 is 2.46. The summed E-state index contributed by atoms with van der Waals surface area (Å²) in [4.78, 5) is 1.15. The average molecular weight is 613 g/mol. The minimum Gasteiger partial charge on any atom is -0.715 e. The van der Waals surface area contributed by atoms with E-state index in [4.69, 9.17) is 0 Å². The van der Waals surface area contributed by atoms with Crippen LogP contribution in [0.5, 0.6) is 0 Å². The first-order valence-electron chi connectivity index (χ1n) is 13.0. The van der Waals surface area contributed by atoms with Crippen LogP contribution in [0.25, 0.3) is 0 Å². The van der Waals surface area contributed by atoms with Gasteiger partial charge in [0.2, 0.25) is 0 Å². The van der Waals surface area contributed by atoms with Crippen molar-refractivity contribution in [2.75, 3.05) is 0 Å². The van der Waals surface area contributed by atoms with Crippen molar-refractivity contribution in [3.05, 3.63) is 118 Å². The van der Waals surface area contributed by atoms with Gasteiger partial charge in [-0.3, -0.25) is 9.80 Å². The van der Waals surface area contributed by atoms with E-state index >= 15 is 0 Å². The van der Waals surface area contributed by atoms with E-state index in [0.29, 0.717) is 21.3 Å². The van der Waals surface area contributed by atoms with E-state index < -0.39 is 21.9 Å². The van der Waals surface area contributed by atoms with E-state index in [2.05, 4.69) is 28.3 Å². The highest BCUT2D eigenvalue weighted by Gasteiger charge is 2.64. The van der Waals surface area contributed by atoms with Crippen LogP contribution < -0.4 is 0 Å². The van der Waals surface area contributed by atoms with Crippen molar-refractivity contribution in [3.8, 4) is 12.1 Å². The molecule has 204 valence electrons. The minimum atomic E-state index is -1.31. The summed E-state index contributed by atoms with van der Waals surface area (Å²) in [6.45, 7) is 7.04. The number of rotatable bonds is 3. The van der Waals surface area contributed by atoms with Gasteiger partial charge in [0.05, 0.1) is 40.4 Å². The summed E-state index contributed by atoms with van der Waals surface area (Å²) in [6, 6.07) is 5.11. The number of thioether (sulfide) groups is 2. The first kappa shape index (κ1) is 26.8. The number of hydroxylamine groups is 3. The minimum absolute atomic E-state index is 0.0187. The van der Waals surface area contributed by atoms with Gasteiger partial charge in [0.25, 0.3) is 10.0 Å². The molecule has 0 N–H and O–H groups in total. The molecule has 10 heteroatoms. The molecule has 6 aliphatic rings. The van der Waals surface area contributed by atoms with E-state index in [0.717, 1.165) is 31.4 Å². The van der Waals surface area contributed by atoms with Gasteiger partial charge in [-0.05, 0) is 85.3 Å². The third-order valence-corrected chi connectivity index (χ3v) is 14.9. The zero-order valence-corrected chi connectivity index (χ0v) is 25.9. The average Bonchev–Trinajstić information content (AvgIpc) is 3.69. The molecule has 3 atom stereocenters. The Morgan fingerprint density at radius 3 is 2.07 bits per heavy atom. The Balaban J connectivity index is 1.37. The Kier molecular flexibility index (Phi) is 5.68. The van der Waals surface area contributed by atoms with Crippen molar-refractivity contribution < 1.29 is 4.74 Å². The number of allylic oxidation sites excluding steroid dienone is 12.